The fraction of sp³-hybridized carbons (Fsp3) is 0.429. The van der Waals surface area contributed by atoms with Gasteiger partial charge in [-0.1, -0.05) is 18.2 Å². The van der Waals surface area contributed by atoms with Gasteiger partial charge in [0.15, 0.2) is 0 Å². The Hall–Kier alpha value is -2.44. The molecule has 6 nitrogen and oxygen atoms in total. The molecule has 0 amide bonds. The number of aliphatic hydroxyl groups is 1. The van der Waals surface area contributed by atoms with Crippen molar-refractivity contribution >= 4 is 16.7 Å². The minimum atomic E-state index is 0.0165. The number of hydrogen-bond acceptors (Lipinski definition) is 5. The molecule has 0 atom stereocenters. The number of nitrogens with zero attached hydrogens (tertiary/aromatic N) is 5. The van der Waals surface area contributed by atoms with Gasteiger partial charge in [0.2, 0.25) is 0 Å². The molecule has 3 heterocycles. The fourth-order valence-corrected chi connectivity index (χ4v) is 3.81. The highest BCUT2D eigenvalue weighted by Gasteiger charge is 2.21. The van der Waals surface area contributed by atoms with Crippen molar-refractivity contribution in [1.82, 2.24) is 19.7 Å². The molecule has 2 aromatic heterocycles. The van der Waals surface area contributed by atoms with Crippen molar-refractivity contribution in [2.45, 2.75) is 33.5 Å². The fourth-order valence-electron chi connectivity index (χ4n) is 3.81. The zero-order chi connectivity index (χ0) is 18.8. The summed E-state index contributed by atoms with van der Waals surface area (Å²) in [6, 6.07) is 8.27. The number of aliphatic hydroxyl groups excluding tert-OH is 1. The number of fused-ring (bicyclic) bond motifs is 1. The summed E-state index contributed by atoms with van der Waals surface area (Å²) in [4.78, 5) is 9.69. The molecule has 6 heteroatoms. The first kappa shape index (κ1) is 17.9. The summed E-state index contributed by atoms with van der Waals surface area (Å²) in [6.45, 7) is 9.85. The van der Waals surface area contributed by atoms with E-state index in [1.807, 2.05) is 16.9 Å². The number of pyridine rings is 1. The van der Waals surface area contributed by atoms with Crippen molar-refractivity contribution < 1.29 is 5.11 Å². The van der Waals surface area contributed by atoms with Gasteiger partial charge in [-0.25, -0.2) is 4.98 Å². The normalized spacial score (nSPS) is 15.6. The van der Waals surface area contributed by atoms with Crippen molar-refractivity contribution in [3.8, 4) is 0 Å². The molecule has 0 unspecified atom stereocenters. The van der Waals surface area contributed by atoms with Crippen LogP contribution in [0.3, 0.4) is 0 Å². The largest absolute Gasteiger partial charge is 0.392 e. The molecule has 1 N–H and O–H groups in total. The van der Waals surface area contributed by atoms with Crippen molar-refractivity contribution in [3.63, 3.8) is 0 Å². The number of benzene rings is 1. The average molecular weight is 365 g/mol. The lowest BCUT2D eigenvalue weighted by Gasteiger charge is -2.36. The van der Waals surface area contributed by atoms with Gasteiger partial charge in [0, 0.05) is 62.0 Å². The molecule has 1 aromatic carbocycles. The second-order valence-electron chi connectivity index (χ2n) is 7.24. The van der Waals surface area contributed by atoms with Gasteiger partial charge >= 0.3 is 0 Å². The van der Waals surface area contributed by atoms with Crippen molar-refractivity contribution in [3.05, 3.63) is 53.3 Å². The Bertz CT molecular complexity index is 927. The molecule has 1 fully saturated rings. The van der Waals surface area contributed by atoms with E-state index < -0.39 is 0 Å². The van der Waals surface area contributed by atoms with Gasteiger partial charge in [-0.2, -0.15) is 5.10 Å². The van der Waals surface area contributed by atoms with E-state index in [4.69, 9.17) is 4.98 Å². The summed E-state index contributed by atoms with van der Waals surface area (Å²) in [7, 11) is 0. The number of hydrogen-bond donors (Lipinski definition) is 1. The highest BCUT2D eigenvalue weighted by atomic mass is 16.3. The molecular weight excluding hydrogens is 338 g/mol. The lowest BCUT2D eigenvalue weighted by Crippen LogP contribution is -2.46. The molecule has 4 rings (SSSR count). The third kappa shape index (κ3) is 3.68. The molecule has 1 aliphatic heterocycles. The minimum Gasteiger partial charge on any atom is -0.392 e. The van der Waals surface area contributed by atoms with Gasteiger partial charge in [0.25, 0.3) is 0 Å². The number of aromatic nitrogens is 3. The topological polar surface area (TPSA) is 57.4 Å². The molecule has 27 heavy (non-hydrogen) atoms. The summed E-state index contributed by atoms with van der Waals surface area (Å²) < 4.78 is 1.97. The molecule has 0 bridgehead atoms. The molecule has 1 aliphatic rings. The van der Waals surface area contributed by atoms with Crippen molar-refractivity contribution in [2.75, 3.05) is 31.1 Å². The zero-order valence-corrected chi connectivity index (χ0v) is 16.1. The molecular formula is C21H27N5O. The summed E-state index contributed by atoms with van der Waals surface area (Å²) in [5, 5.41) is 15.3. The van der Waals surface area contributed by atoms with Crippen LogP contribution in [0.5, 0.6) is 0 Å². The molecule has 0 spiro atoms. The van der Waals surface area contributed by atoms with Crippen LogP contribution < -0.4 is 4.90 Å². The van der Waals surface area contributed by atoms with Crippen LogP contribution in [0.1, 0.15) is 23.6 Å². The van der Waals surface area contributed by atoms with Crippen LogP contribution >= 0.6 is 0 Å². The maximum atomic E-state index is 9.86. The Balaban J connectivity index is 1.49. The first-order chi connectivity index (χ1) is 13.2. The van der Waals surface area contributed by atoms with E-state index in [0.717, 1.165) is 61.6 Å². The smallest absolute Gasteiger partial charge is 0.134 e. The van der Waals surface area contributed by atoms with Crippen LogP contribution in [0, 0.1) is 6.92 Å². The molecule has 3 aromatic rings. The standard InChI is InChI=1S/C21H27N5O/c1-3-26-14-17(12-22-26)13-24-7-9-25(10-8-24)21-19(15-27)11-18-6-4-5-16(2)20(18)23-21/h4-6,11-12,14,27H,3,7-10,13,15H2,1-2H3. The summed E-state index contributed by atoms with van der Waals surface area (Å²) in [6.07, 6.45) is 4.09. The van der Waals surface area contributed by atoms with Gasteiger partial charge in [0.1, 0.15) is 5.82 Å². The maximum absolute atomic E-state index is 9.86. The number of aryl methyl sites for hydroxylation is 2. The van der Waals surface area contributed by atoms with E-state index in [1.165, 1.54) is 11.1 Å². The molecule has 1 saturated heterocycles. The second-order valence-corrected chi connectivity index (χ2v) is 7.24. The highest BCUT2D eigenvalue weighted by molar-refractivity contribution is 5.84. The number of piperazine rings is 1. The SMILES string of the molecule is CCn1cc(CN2CCN(c3nc4c(C)cccc4cc3CO)CC2)cn1. The van der Waals surface area contributed by atoms with Crippen LogP contribution in [-0.2, 0) is 19.7 Å². The van der Waals surface area contributed by atoms with E-state index >= 15 is 0 Å². The quantitative estimate of drug-likeness (QED) is 0.753. The van der Waals surface area contributed by atoms with Crippen LogP contribution in [-0.4, -0.2) is 50.9 Å². The van der Waals surface area contributed by atoms with Gasteiger partial charge in [-0.3, -0.25) is 9.58 Å². The molecule has 0 aliphatic carbocycles. The lowest BCUT2D eigenvalue weighted by molar-refractivity contribution is 0.247. The zero-order valence-electron chi connectivity index (χ0n) is 16.1. The van der Waals surface area contributed by atoms with Crippen molar-refractivity contribution in [1.29, 1.82) is 0 Å². The Labute approximate surface area is 160 Å². The number of anilines is 1. The highest BCUT2D eigenvalue weighted by Crippen LogP contribution is 2.26. The molecule has 142 valence electrons. The van der Waals surface area contributed by atoms with Gasteiger partial charge in [-0.05, 0) is 25.5 Å². The maximum Gasteiger partial charge on any atom is 0.134 e. The Morgan fingerprint density at radius 2 is 1.96 bits per heavy atom. The Morgan fingerprint density at radius 3 is 2.67 bits per heavy atom. The lowest BCUT2D eigenvalue weighted by atomic mass is 10.1. The summed E-state index contributed by atoms with van der Waals surface area (Å²) in [5.41, 5.74) is 4.37. The van der Waals surface area contributed by atoms with E-state index in [9.17, 15) is 5.11 Å². The average Bonchev–Trinajstić information content (AvgIpc) is 3.15. The first-order valence-corrected chi connectivity index (χ1v) is 9.66. The predicted octanol–water partition coefficient (Wildman–Crippen LogP) is 2.57. The van der Waals surface area contributed by atoms with E-state index in [0.29, 0.717) is 0 Å². The first-order valence-electron chi connectivity index (χ1n) is 9.66. The number of para-hydroxylation sites is 1. The van der Waals surface area contributed by atoms with Crippen molar-refractivity contribution in [2.24, 2.45) is 0 Å². The van der Waals surface area contributed by atoms with Crippen LogP contribution in [0.15, 0.2) is 36.7 Å². The molecule has 0 saturated carbocycles. The minimum absolute atomic E-state index is 0.0165. The third-order valence-electron chi connectivity index (χ3n) is 5.36. The third-order valence-corrected chi connectivity index (χ3v) is 5.36. The van der Waals surface area contributed by atoms with E-state index in [1.54, 1.807) is 0 Å². The van der Waals surface area contributed by atoms with Gasteiger partial charge < -0.3 is 10.0 Å². The Kier molecular flexibility index (Phi) is 5.09. The van der Waals surface area contributed by atoms with Gasteiger partial charge in [-0.15, -0.1) is 0 Å². The monoisotopic (exact) mass is 365 g/mol. The predicted molar refractivity (Wildman–Crippen MR) is 108 cm³/mol. The Morgan fingerprint density at radius 1 is 1.15 bits per heavy atom. The van der Waals surface area contributed by atoms with Crippen LogP contribution in [0.25, 0.3) is 10.9 Å². The van der Waals surface area contributed by atoms with E-state index in [2.05, 4.69) is 53.1 Å². The van der Waals surface area contributed by atoms with Crippen LogP contribution in [0.4, 0.5) is 5.82 Å². The summed E-state index contributed by atoms with van der Waals surface area (Å²) >= 11 is 0. The molecule has 0 radical (unpaired) electrons. The van der Waals surface area contributed by atoms with Crippen LogP contribution in [0.2, 0.25) is 0 Å². The van der Waals surface area contributed by atoms with Gasteiger partial charge in [0.05, 0.1) is 18.3 Å². The van der Waals surface area contributed by atoms with E-state index in [-0.39, 0.29) is 6.61 Å². The number of rotatable bonds is 5. The second kappa shape index (κ2) is 7.66. The summed E-state index contributed by atoms with van der Waals surface area (Å²) in [5.74, 6) is 0.928.